The van der Waals surface area contributed by atoms with E-state index in [-0.39, 0.29) is 0 Å². The lowest BCUT2D eigenvalue weighted by atomic mass is 9.99. The molecule has 0 bridgehead atoms. The van der Waals surface area contributed by atoms with Crippen molar-refractivity contribution in [2.24, 2.45) is 0 Å². The van der Waals surface area contributed by atoms with Crippen LogP contribution in [0, 0.1) is 6.92 Å². The molecular weight excluding hydrogens is 292 g/mol. The number of halogens is 1. The van der Waals surface area contributed by atoms with Crippen molar-refractivity contribution in [1.82, 2.24) is 9.78 Å². The van der Waals surface area contributed by atoms with Gasteiger partial charge in [0.25, 0.3) is 0 Å². The van der Waals surface area contributed by atoms with Crippen molar-refractivity contribution in [3.8, 4) is 22.3 Å². The van der Waals surface area contributed by atoms with Crippen LogP contribution in [0.5, 0.6) is 0 Å². The standard InChI is InChI=1S/C19H19ClN2/c1-13(2)22-14(3)19(12-21-22)17-6-4-5-16(11-17)15-7-9-18(20)10-8-15/h4-13H,1-3H3. The average Bonchev–Trinajstić information content (AvgIpc) is 2.90. The van der Waals surface area contributed by atoms with Crippen LogP contribution in [-0.4, -0.2) is 9.78 Å². The molecule has 3 heteroatoms. The smallest absolute Gasteiger partial charge is 0.0571 e. The van der Waals surface area contributed by atoms with Gasteiger partial charge in [0.15, 0.2) is 0 Å². The van der Waals surface area contributed by atoms with Crippen LogP contribution in [0.4, 0.5) is 0 Å². The maximum absolute atomic E-state index is 5.97. The minimum Gasteiger partial charge on any atom is -0.267 e. The predicted molar refractivity (Wildman–Crippen MR) is 93.2 cm³/mol. The zero-order chi connectivity index (χ0) is 15.7. The van der Waals surface area contributed by atoms with E-state index in [2.05, 4.69) is 54.8 Å². The molecule has 0 amide bonds. The van der Waals surface area contributed by atoms with Crippen molar-refractivity contribution in [1.29, 1.82) is 0 Å². The fourth-order valence-corrected chi connectivity index (χ4v) is 2.86. The second-order valence-corrected chi connectivity index (χ2v) is 6.21. The third-order valence-corrected chi connectivity index (χ3v) is 4.14. The lowest BCUT2D eigenvalue weighted by Crippen LogP contribution is -2.04. The van der Waals surface area contributed by atoms with Gasteiger partial charge in [-0.25, -0.2) is 0 Å². The highest BCUT2D eigenvalue weighted by molar-refractivity contribution is 6.30. The van der Waals surface area contributed by atoms with E-state index in [1.54, 1.807) is 0 Å². The van der Waals surface area contributed by atoms with E-state index in [1.165, 1.54) is 27.9 Å². The Balaban J connectivity index is 2.03. The number of rotatable bonds is 3. The number of hydrogen-bond donors (Lipinski definition) is 0. The first-order chi connectivity index (χ1) is 10.6. The van der Waals surface area contributed by atoms with E-state index in [0.29, 0.717) is 6.04 Å². The average molecular weight is 311 g/mol. The third-order valence-electron chi connectivity index (χ3n) is 3.88. The van der Waals surface area contributed by atoms with Crippen molar-refractivity contribution in [2.45, 2.75) is 26.8 Å². The Morgan fingerprint density at radius 1 is 0.955 bits per heavy atom. The molecular formula is C19H19ClN2. The van der Waals surface area contributed by atoms with Gasteiger partial charge in [-0.05, 0) is 55.7 Å². The molecule has 0 saturated carbocycles. The molecule has 2 aromatic carbocycles. The second-order valence-electron chi connectivity index (χ2n) is 5.77. The lowest BCUT2D eigenvalue weighted by Gasteiger charge is -2.09. The van der Waals surface area contributed by atoms with Crippen molar-refractivity contribution in [2.75, 3.05) is 0 Å². The monoisotopic (exact) mass is 310 g/mol. The predicted octanol–water partition coefficient (Wildman–Crippen LogP) is 5.76. The van der Waals surface area contributed by atoms with E-state index in [0.717, 1.165) is 5.02 Å². The first-order valence-electron chi connectivity index (χ1n) is 7.47. The van der Waals surface area contributed by atoms with E-state index in [4.69, 9.17) is 11.6 Å². The zero-order valence-electron chi connectivity index (χ0n) is 13.0. The van der Waals surface area contributed by atoms with Crippen molar-refractivity contribution in [3.63, 3.8) is 0 Å². The van der Waals surface area contributed by atoms with Crippen LogP contribution in [0.2, 0.25) is 5.02 Å². The van der Waals surface area contributed by atoms with Crippen LogP contribution in [0.1, 0.15) is 25.6 Å². The van der Waals surface area contributed by atoms with Crippen LogP contribution in [0.15, 0.2) is 54.7 Å². The van der Waals surface area contributed by atoms with Crippen LogP contribution in [0.25, 0.3) is 22.3 Å². The third kappa shape index (κ3) is 2.79. The summed E-state index contributed by atoms with van der Waals surface area (Å²) in [5.41, 5.74) is 5.93. The summed E-state index contributed by atoms with van der Waals surface area (Å²) in [6.07, 6.45) is 1.95. The van der Waals surface area contributed by atoms with Crippen LogP contribution >= 0.6 is 11.6 Å². The molecule has 3 aromatic rings. The van der Waals surface area contributed by atoms with E-state index >= 15 is 0 Å². The summed E-state index contributed by atoms with van der Waals surface area (Å²) in [6.45, 7) is 6.42. The number of hydrogen-bond acceptors (Lipinski definition) is 1. The summed E-state index contributed by atoms with van der Waals surface area (Å²) in [7, 11) is 0. The molecule has 112 valence electrons. The Kier molecular flexibility index (Phi) is 4.04. The molecule has 0 aliphatic carbocycles. The molecule has 0 aliphatic rings. The zero-order valence-corrected chi connectivity index (χ0v) is 13.8. The van der Waals surface area contributed by atoms with Gasteiger partial charge in [-0.15, -0.1) is 0 Å². The van der Waals surface area contributed by atoms with Gasteiger partial charge in [-0.2, -0.15) is 5.10 Å². The maximum Gasteiger partial charge on any atom is 0.0571 e. The highest BCUT2D eigenvalue weighted by atomic mass is 35.5. The Bertz CT molecular complexity index is 785. The molecule has 0 spiro atoms. The maximum atomic E-state index is 5.97. The van der Waals surface area contributed by atoms with E-state index in [1.807, 2.05) is 30.5 Å². The Hall–Kier alpha value is -2.06. The van der Waals surface area contributed by atoms with Gasteiger partial charge in [0.2, 0.25) is 0 Å². The summed E-state index contributed by atoms with van der Waals surface area (Å²) in [4.78, 5) is 0. The van der Waals surface area contributed by atoms with Gasteiger partial charge in [0, 0.05) is 22.3 Å². The lowest BCUT2D eigenvalue weighted by molar-refractivity contribution is 0.519. The highest BCUT2D eigenvalue weighted by Crippen LogP contribution is 2.29. The topological polar surface area (TPSA) is 17.8 Å². The first-order valence-corrected chi connectivity index (χ1v) is 7.84. The molecule has 0 N–H and O–H groups in total. The van der Waals surface area contributed by atoms with Gasteiger partial charge in [-0.1, -0.05) is 41.9 Å². The molecule has 0 fully saturated rings. The molecule has 1 aromatic heterocycles. The van der Waals surface area contributed by atoms with Gasteiger partial charge in [-0.3, -0.25) is 4.68 Å². The minimum absolute atomic E-state index is 0.369. The summed E-state index contributed by atoms with van der Waals surface area (Å²) in [6, 6.07) is 16.9. The molecule has 22 heavy (non-hydrogen) atoms. The Morgan fingerprint density at radius 2 is 1.64 bits per heavy atom. The molecule has 2 nitrogen and oxygen atoms in total. The van der Waals surface area contributed by atoms with Gasteiger partial charge in [0.05, 0.1) is 6.20 Å². The van der Waals surface area contributed by atoms with Crippen LogP contribution < -0.4 is 0 Å². The number of nitrogens with zero attached hydrogens (tertiary/aromatic N) is 2. The SMILES string of the molecule is Cc1c(-c2cccc(-c3ccc(Cl)cc3)c2)cnn1C(C)C. The normalized spacial score (nSPS) is 11.1. The highest BCUT2D eigenvalue weighted by Gasteiger charge is 2.11. The number of benzene rings is 2. The molecule has 0 unspecified atom stereocenters. The molecule has 3 rings (SSSR count). The molecule has 0 aliphatic heterocycles. The fourth-order valence-electron chi connectivity index (χ4n) is 2.74. The second kappa shape index (κ2) is 5.98. The first kappa shape index (κ1) is 14.9. The van der Waals surface area contributed by atoms with E-state index in [9.17, 15) is 0 Å². The van der Waals surface area contributed by atoms with Gasteiger partial charge in [0.1, 0.15) is 0 Å². The van der Waals surface area contributed by atoms with Gasteiger partial charge < -0.3 is 0 Å². The molecule has 0 radical (unpaired) electrons. The Labute approximate surface area is 136 Å². The van der Waals surface area contributed by atoms with E-state index < -0.39 is 0 Å². The largest absolute Gasteiger partial charge is 0.267 e. The Morgan fingerprint density at radius 3 is 2.27 bits per heavy atom. The number of aromatic nitrogens is 2. The summed E-state index contributed by atoms with van der Waals surface area (Å²) in [5, 5.41) is 5.26. The van der Waals surface area contributed by atoms with Crippen LogP contribution in [-0.2, 0) is 0 Å². The minimum atomic E-state index is 0.369. The fraction of sp³-hybridized carbons (Fsp3) is 0.211. The quantitative estimate of drug-likeness (QED) is 0.601. The summed E-state index contributed by atoms with van der Waals surface area (Å²) >= 11 is 5.97. The van der Waals surface area contributed by atoms with Gasteiger partial charge >= 0.3 is 0 Å². The van der Waals surface area contributed by atoms with Crippen molar-refractivity contribution in [3.05, 3.63) is 65.4 Å². The molecule has 0 saturated heterocycles. The summed E-state index contributed by atoms with van der Waals surface area (Å²) < 4.78 is 2.06. The van der Waals surface area contributed by atoms with Crippen molar-refractivity contribution >= 4 is 11.6 Å². The van der Waals surface area contributed by atoms with Crippen LogP contribution in [0.3, 0.4) is 0 Å². The van der Waals surface area contributed by atoms with Crippen molar-refractivity contribution < 1.29 is 0 Å². The summed E-state index contributed by atoms with van der Waals surface area (Å²) in [5.74, 6) is 0. The molecule has 1 heterocycles. The molecule has 0 atom stereocenters.